The van der Waals surface area contributed by atoms with E-state index in [0.717, 1.165) is 11.1 Å². The van der Waals surface area contributed by atoms with Crippen molar-refractivity contribution in [3.05, 3.63) is 55.7 Å². The van der Waals surface area contributed by atoms with Crippen LogP contribution >= 0.6 is 0 Å². The highest BCUT2D eigenvalue weighted by Crippen LogP contribution is 2.28. The summed E-state index contributed by atoms with van der Waals surface area (Å²) < 4.78 is 17.5. The minimum absolute atomic E-state index is 0.0672. The number of nitrogens with one attached hydrogen (secondary N) is 1. The van der Waals surface area contributed by atoms with Crippen LogP contribution in [0.4, 0.5) is 0 Å². The highest BCUT2D eigenvalue weighted by atomic mass is 16.6. The Balaban J connectivity index is 2.40. The van der Waals surface area contributed by atoms with Gasteiger partial charge in [0.25, 0.3) is 5.56 Å². The number of nitrogens with zero attached hydrogens (tertiary/aromatic N) is 1. The maximum absolute atomic E-state index is 12.4. The Labute approximate surface area is 163 Å². The first-order chi connectivity index (χ1) is 13.2. The van der Waals surface area contributed by atoms with Crippen LogP contribution in [0.2, 0.25) is 0 Å². The topological polar surface area (TPSA) is 99.6 Å². The van der Waals surface area contributed by atoms with E-state index in [2.05, 4.69) is 4.98 Å². The van der Waals surface area contributed by atoms with E-state index < -0.39 is 17.2 Å². The molecular formula is C20H26N2O6. The van der Waals surface area contributed by atoms with Crippen LogP contribution in [0.1, 0.15) is 43.4 Å². The van der Waals surface area contributed by atoms with Gasteiger partial charge in [0.1, 0.15) is 19.1 Å². The van der Waals surface area contributed by atoms with E-state index in [1.165, 1.54) is 11.5 Å². The zero-order valence-electron chi connectivity index (χ0n) is 16.8. The second-order valence-electron chi connectivity index (χ2n) is 6.86. The van der Waals surface area contributed by atoms with Gasteiger partial charge in [-0.15, -0.1) is 0 Å². The van der Waals surface area contributed by atoms with Crippen molar-refractivity contribution < 1.29 is 19.0 Å². The molecule has 0 aliphatic rings. The number of aromatic amines is 1. The molecule has 0 amide bonds. The maximum Gasteiger partial charge on any atom is 0.333 e. The average molecular weight is 390 g/mol. The molecule has 0 aliphatic heterocycles. The van der Waals surface area contributed by atoms with Gasteiger partial charge in [-0.1, -0.05) is 19.9 Å². The summed E-state index contributed by atoms with van der Waals surface area (Å²) in [5, 5.41) is 0. The number of hydrogen-bond acceptors (Lipinski definition) is 6. The Bertz CT molecular complexity index is 938. The summed E-state index contributed by atoms with van der Waals surface area (Å²) in [5.41, 5.74) is 1.22. The fourth-order valence-electron chi connectivity index (χ4n) is 2.81. The predicted molar refractivity (Wildman–Crippen MR) is 104 cm³/mol. The van der Waals surface area contributed by atoms with E-state index in [-0.39, 0.29) is 31.7 Å². The lowest BCUT2D eigenvalue weighted by molar-refractivity contribution is -0.142. The van der Waals surface area contributed by atoms with E-state index in [0.29, 0.717) is 11.3 Å². The lowest BCUT2D eigenvalue weighted by Gasteiger charge is -2.18. The zero-order chi connectivity index (χ0) is 20.8. The second kappa shape index (κ2) is 9.36. The molecule has 2 rings (SSSR count). The molecule has 1 aromatic carbocycles. The molecule has 0 saturated heterocycles. The molecule has 1 aromatic heterocycles. The fraction of sp³-hybridized carbons (Fsp3) is 0.450. The van der Waals surface area contributed by atoms with Crippen molar-refractivity contribution in [2.24, 2.45) is 0 Å². The normalized spacial score (nSPS) is 10.9. The molecule has 0 atom stereocenters. The number of aryl methyl sites for hydroxylation is 2. The third kappa shape index (κ3) is 5.56. The van der Waals surface area contributed by atoms with Gasteiger partial charge in [0, 0.05) is 6.92 Å². The number of rotatable bonds is 8. The first-order valence-corrected chi connectivity index (χ1v) is 9.03. The van der Waals surface area contributed by atoms with Crippen molar-refractivity contribution in [2.75, 3.05) is 13.2 Å². The monoisotopic (exact) mass is 390 g/mol. The van der Waals surface area contributed by atoms with Crippen LogP contribution in [0.15, 0.2) is 27.8 Å². The molecule has 0 saturated carbocycles. The molecule has 0 radical (unpaired) electrons. The first-order valence-electron chi connectivity index (χ1n) is 9.03. The second-order valence-corrected chi connectivity index (χ2v) is 6.86. The number of hydrogen-bond donors (Lipinski definition) is 1. The van der Waals surface area contributed by atoms with Crippen LogP contribution in [-0.2, 0) is 21.0 Å². The average Bonchev–Trinajstić information content (AvgIpc) is 2.55. The smallest absolute Gasteiger partial charge is 0.333 e. The molecule has 0 unspecified atom stereocenters. The van der Waals surface area contributed by atoms with E-state index in [4.69, 9.17) is 14.2 Å². The Morgan fingerprint density at radius 1 is 1.11 bits per heavy atom. The number of benzene rings is 1. The van der Waals surface area contributed by atoms with Crippen molar-refractivity contribution in [3.63, 3.8) is 0 Å². The lowest BCUT2D eigenvalue weighted by atomic mass is 10.1. The van der Waals surface area contributed by atoms with Crippen molar-refractivity contribution >= 4 is 5.97 Å². The van der Waals surface area contributed by atoms with Gasteiger partial charge in [0.2, 0.25) is 5.88 Å². The summed E-state index contributed by atoms with van der Waals surface area (Å²) in [7, 11) is 0. The standard InChI is InChI=1S/C20H26N2O6/c1-12(2)17-18(24)21-20(25)22(11-26-6-7-27-15(5)23)19(17)28-16-9-13(3)8-14(4)10-16/h8-10,12H,6-7,11H2,1-5H3,(H,21,24,25). The molecule has 0 fully saturated rings. The maximum atomic E-state index is 12.4. The van der Waals surface area contributed by atoms with Gasteiger partial charge >= 0.3 is 11.7 Å². The van der Waals surface area contributed by atoms with Crippen LogP contribution in [-0.4, -0.2) is 28.7 Å². The largest absolute Gasteiger partial charge is 0.463 e. The van der Waals surface area contributed by atoms with Gasteiger partial charge in [-0.3, -0.25) is 14.6 Å². The van der Waals surface area contributed by atoms with Gasteiger partial charge < -0.3 is 14.2 Å². The number of aromatic nitrogens is 2. The van der Waals surface area contributed by atoms with E-state index >= 15 is 0 Å². The van der Waals surface area contributed by atoms with E-state index in [9.17, 15) is 14.4 Å². The molecule has 2 aromatic rings. The van der Waals surface area contributed by atoms with Gasteiger partial charge in [-0.05, 0) is 43.0 Å². The Hall–Kier alpha value is -2.87. The van der Waals surface area contributed by atoms with Crippen molar-refractivity contribution in [2.45, 2.75) is 47.3 Å². The highest BCUT2D eigenvalue weighted by molar-refractivity contribution is 5.65. The van der Waals surface area contributed by atoms with Crippen LogP contribution in [0.5, 0.6) is 11.6 Å². The Kier molecular flexibility index (Phi) is 7.17. The number of carbonyl (C=O) groups excluding carboxylic acids is 1. The number of ether oxygens (including phenoxy) is 3. The molecule has 1 heterocycles. The predicted octanol–water partition coefficient (Wildman–Crippen LogP) is 2.61. The number of carbonyl (C=O) groups is 1. The lowest BCUT2D eigenvalue weighted by Crippen LogP contribution is -2.34. The molecule has 28 heavy (non-hydrogen) atoms. The third-order valence-corrected chi connectivity index (χ3v) is 3.93. The van der Waals surface area contributed by atoms with Crippen LogP contribution in [0, 0.1) is 13.8 Å². The van der Waals surface area contributed by atoms with E-state index in [1.807, 2.05) is 45.9 Å². The highest BCUT2D eigenvalue weighted by Gasteiger charge is 2.20. The van der Waals surface area contributed by atoms with Gasteiger partial charge in [0.15, 0.2) is 0 Å². The molecule has 8 nitrogen and oxygen atoms in total. The zero-order valence-corrected chi connectivity index (χ0v) is 16.8. The molecular weight excluding hydrogens is 364 g/mol. The molecule has 8 heteroatoms. The third-order valence-electron chi connectivity index (χ3n) is 3.93. The molecule has 0 aliphatic carbocycles. The Morgan fingerprint density at radius 2 is 1.75 bits per heavy atom. The van der Waals surface area contributed by atoms with Crippen LogP contribution in [0.3, 0.4) is 0 Å². The van der Waals surface area contributed by atoms with E-state index in [1.54, 1.807) is 0 Å². The summed E-state index contributed by atoms with van der Waals surface area (Å²) in [6.07, 6.45) is 0. The van der Waals surface area contributed by atoms with Crippen LogP contribution < -0.4 is 16.0 Å². The molecule has 0 bridgehead atoms. The van der Waals surface area contributed by atoms with Crippen molar-refractivity contribution in [3.8, 4) is 11.6 Å². The summed E-state index contributed by atoms with van der Waals surface area (Å²) >= 11 is 0. The van der Waals surface area contributed by atoms with Crippen molar-refractivity contribution in [1.29, 1.82) is 0 Å². The minimum Gasteiger partial charge on any atom is -0.463 e. The summed E-state index contributed by atoms with van der Waals surface area (Å²) in [6.45, 7) is 8.87. The van der Waals surface area contributed by atoms with Gasteiger partial charge in [0.05, 0.1) is 12.2 Å². The summed E-state index contributed by atoms with van der Waals surface area (Å²) in [5.74, 6) is 0.0718. The molecule has 0 spiro atoms. The SMILES string of the molecule is CC(=O)OCCOCn1c(Oc2cc(C)cc(C)c2)c(C(C)C)c(=O)[nH]c1=O. The quantitative estimate of drug-likeness (QED) is 0.549. The number of esters is 1. The minimum atomic E-state index is -0.638. The Morgan fingerprint density at radius 3 is 2.32 bits per heavy atom. The van der Waals surface area contributed by atoms with Crippen LogP contribution in [0.25, 0.3) is 0 Å². The van der Waals surface area contributed by atoms with Gasteiger partial charge in [-0.25, -0.2) is 9.36 Å². The van der Waals surface area contributed by atoms with Gasteiger partial charge in [-0.2, -0.15) is 0 Å². The van der Waals surface area contributed by atoms with Crippen molar-refractivity contribution in [1.82, 2.24) is 9.55 Å². The molecule has 152 valence electrons. The fourth-order valence-corrected chi connectivity index (χ4v) is 2.81. The summed E-state index contributed by atoms with van der Waals surface area (Å²) in [4.78, 5) is 37.9. The molecule has 1 N–H and O–H groups in total. The number of H-pyrrole nitrogens is 1. The summed E-state index contributed by atoms with van der Waals surface area (Å²) in [6, 6.07) is 5.66. The first kappa shape index (κ1) is 21.4.